The molecule has 9 nitrogen and oxygen atoms in total. The molecule has 3 aromatic carbocycles. The number of nitrogens with zero attached hydrogens (tertiary/aromatic N) is 2. The number of carbonyl (C=O) groups is 2. The number of rotatable bonds is 12. The molecule has 0 fully saturated rings. The molecule has 41 heavy (non-hydrogen) atoms. The molecule has 0 aliphatic heterocycles. The molecule has 0 spiro atoms. The minimum Gasteiger partial charge on any atom is -0.448 e. The fourth-order valence-electron chi connectivity index (χ4n) is 4.26. The van der Waals surface area contributed by atoms with Gasteiger partial charge in [-0.3, -0.25) is 4.79 Å². The maximum absolute atomic E-state index is 13.5. The van der Waals surface area contributed by atoms with Gasteiger partial charge < -0.3 is 15.0 Å². The Hall–Kier alpha value is -3.80. The van der Waals surface area contributed by atoms with Crippen LogP contribution in [-0.2, 0) is 21.3 Å². The van der Waals surface area contributed by atoms with Crippen LogP contribution >= 0.6 is 15.9 Å². The summed E-state index contributed by atoms with van der Waals surface area (Å²) in [5, 5.41) is 4.30. The minimum atomic E-state index is -3.75. The predicted octanol–water partition coefficient (Wildman–Crippen LogP) is 4.65. The minimum absolute atomic E-state index is 0.0144. The molecule has 214 valence electrons. The van der Waals surface area contributed by atoms with Crippen molar-refractivity contribution in [3.05, 3.63) is 101 Å². The standard InChI is InChI=1S/C30H31BrN4O5S/c1-2-16-34-21-25(19-26(31)22-34)29(36)35(27-10-4-3-5-11-27)17-18-40-30(37)32-14-15-33-41(38,39)28-13-12-23-8-6-7-9-24(23)20-28/h3-13,19-22,33H,2,14-18H2,1H3/p+1. The first-order valence-electron chi connectivity index (χ1n) is 13.2. The molecular formula is C30H32BrN4O5S+. The fraction of sp³-hybridized carbons (Fsp3) is 0.233. The van der Waals surface area contributed by atoms with E-state index in [4.69, 9.17) is 4.74 Å². The number of halogens is 1. The summed E-state index contributed by atoms with van der Waals surface area (Å²) in [6.45, 7) is 2.92. The number of ether oxygens (including phenoxy) is 1. The third-order valence-corrected chi connectivity index (χ3v) is 8.09. The van der Waals surface area contributed by atoms with Crippen molar-refractivity contribution < 1.29 is 27.3 Å². The van der Waals surface area contributed by atoms with Gasteiger partial charge in [-0.25, -0.2) is 22.5 Å². The zero-order chi connectivity index (χ0) is 29.2. The summed E-state index contributed by atoms with van der Waals surface area (Å²) in [7, 11) is -3.75. The summed E-state index contributed by atoms with van der Waals surface area (Å²) in [4.78, 5) is 27.5. The average Bonchev–Trinajstić information content (AvgIpc) is 2.97. The molecule has 2 amide bonds. The van der Waals surface area contributed by atoms with Crippen molar-refractivity contribution >= 4 is 54.4 Å². The number of pyridine rings is 1. The first-order chi connectivity index (χ1) is 19.8. The number of anilines is 1. The van der Waals surface area contributed by atoms with Crippen LogP contribution in [0.2, 0.25) is 0 Å². The van der Waals surface area contributed by atoms with Gasteiger partial charge in [0, 0.05) is 25.2 Å². The lowest BCUT2D eigenvalue weighted by Gasteiger charge is -2.22. The monoisotopic (exact) mass is 639 g/mol. The van der Waals surface area contributed by atoms with Crippen LogP contribution in [0.15, 0.2) is 101 Å². The Morgan fingerprint density at radius 2 is 1.66 bits per heavy atom. The SMILES string of the molecule is CCC[n+]1cc(Br)cc(C(=O)N(CCOC(=O)NCCNS(=O)(=O)c2ccc3ccccc3c2)c2ccccc2)c1. The first kappa shape index (κ1) is 30.2. The number of nitrogens with one attached hydrogen (secondary N) is 2. The number of sulfonamides is 1. The third kappa shape index (κ3) is 8.35. The Kier molecular flexibility index (Phi) is 10.4. The Morgan fingerprint density at radius 1 is 0.927 bits per heavy atom. The van der Waals surface area contributed by atoms with Crippen LogP contribution in [0, 0.1) is 0 Å². The van der Waals surface area contributed by atoms with Crippen molar-refractivity contribution in [1.82, 2.24) is 10.0 Å². The third-order valence-electron chi connectivity index (χ3n) is 6.19. The van der Waals surface area contributed by atoms with E-state index in [-0.39, 0.29) is 37.0 Å². The molecule has 1 aromatic heterocycles. The smallest absolute Gasteiger partial charge is 0.407 e. The fourth-order valence-corrected chi connectivity index (χ4v) is 5.84. The van der Waals surface area contributed by atoms with Crippen LogP contribution in [0.25, 0.3) is 10.8 Å². The Morgan fingerprint density at radius 3 is 2.41 bits per heavy atom. The highest BCUT2D eigenvalue weighted by Crippen LogP contribution is 2.19. The van der Waals surface area contributed by atoms with E-state index in [9.17, 15) is 18.0 Å². The van der Waals surface area contributed by atoms with Crippen LogP contribution in [0.5, 0.6) is 0 Å². The maximum Gasteiger partial charge on any atom is 0.407 e. The Labute approximate surface area is 248 Å². The van der Waals surface area contributed by atoms with Gasteiger partial charge in [0.05, 0.1) is 15.9 Å². The lowest BCUT2D eigenvalue weighted by molar-refractivity contribution is -0.697. The van der Waals surface area contributed by atoms with Crippen LogP contribution in [-0.4, -0.2) is 46.7 Å². The molecule has 0 bridgehead atoms. The first-order valence-corrected chi connectivity index (χ1v) is 15.5. The number of amides is 2. The van der Waals surface area contributed by atoms with Crippen molar-refractivity contribution in [2.75, 3.05) is 31.1 Å². The lowest BCUT2D eigenvalue weighted by atomic mass is 10.1. The second-order valence-corrected chi connectivity index (χ2v) is 11.9. The van der Waals surface area contributed by atoms with Gasteiger partial charge in [0.1, 0.15) is 18.7 Å². The van der Waals surface area contributed by atoms with E-state index >= 15 is 0 Å². The van der Waals surface area contributed by atoms with Crippen LogP contribution in [0.3, 0.4) is 0 Å². The Balaban J connectivity index is 1.29. The van der Waals surface area contributed by atoms with Gasteiger partial charge in [0.15, 0.2) is 12.4 Å². The molecule has 0 saturated carbocycles. The highest BCUT2D eigenvalue weighted by atomic mass is 79.9. The number of carbonyl (C=O) groups excluding carboxylic acids is 2. The van der Waals surface area contributed by atoms with Gasteiger partial charge in [-0.15, -0.1) is 0 Å². The quantitative estimate of drug-likeness (QED) is 0.173. The highest BCUT2D eigenvalue weighted by Gasteiger charge is 2.22. The van der Waals surface area contributed by atoms with Crippen molar-refractivity contribution in [3.8, 4) is 0 Å². The second kappa shape index (κ2) is 14.2. The van der Waals surface area contributed by atoms with Crippen molar-refractivity contribution in [2.45, 2.75) is 24.8 Å². The van der Waals surface area contributed by atoms with Gasteiger partial charge in [-0.2, -0.15) is 0 Å². The summed E-state index contributed by atoms with van der Waals surface area (Å²) in [6.07, 6.45) is 3.94. The topological polar surface area (TPSA) is 109 Å². The molecule has 0 saturated heterocycles. The van der Waals surface area contributed by atoms with E-state index in [0.717, 1.165) is 28.2 Å². The van der Waals surface area contributed by atoms with E-state index in [2.05, 4.69) is 32.9 Å². The molecule has 0 aliphatic rings. The average molecular weight is 641 g/mol. The second-order valence-electron chi connectivity index (χ2n) is 9.24. The molecular weight excluding hydrogens is 608 g/mol. The maximum atomic E-state index is 13.5. The number of aryl methyl sites for hydroxylation is 1. The van der Waals surface area contributed by atoms with Crippen molar-refractivity contribution in [1.29, 1.82) is 0 Å². The predicted molar refractivity (Wildman–Crippen MR) is 161 cm³/mol. The number of alkyl carbamates (subject to hydrolysis) is 1. The van der Waals surface area contributed by atoms with E-state index in [0.29, 0.717) is 11.3 Å². The van der Waals surface area contributed by atoms with Gasteiger partial charge in [-0.05, 0) is 57.0 Å². The normalized spacial score (nSPS) is 11.3. The molecule has 0 atom stereocenters. The highest BCUT2D eigenvalue weighted by molar-refractivity contribution is 9.10. The van der Waals surface area contributed by atoms with E-state index in [1.165, 1.54) is 0 Å². The van der Waals surface area contributed by atoms with E-state index in [1.807, 2.05) is 65.4 Å². The van der Waals surface area contributed by atoms with Gasteiger partial charge in [0.2, 0.25) is 10.0 Å². The molecule has 4 rings (SSSR count). The van der Waals surface area contributed by atoms with Crippen molar-refractivity contribution in [3.63, 3.8) is 0 Å². The van der Waals surface area contributed by atoms with Gasteiger partial charge in [0.25, 0.3) is 5.91 Å². The summed E-state index contributed by atoms with van der Waals surface area (Å²) in [5.41, 5.74) is 1.17. The van der Waals surface area contributed by atoms with E-state index in [1.54, 1.807) is 35.4 Å². The van der Waals surface area contributed by atoms with E-state index < -0.39 is 16.1 Å². The lowest BCUT2D eigenvalue weighted by Crippen LogP contribution is -2.39. The Bertz CT molecular complexity index is 1620. The summed E-state index contributed by atoms with van der Waals surface area (Å²) in [6, 6.07) is 23.3. The number of aromatic nitrogens is 1. The molecule has 11 heteroatoms. The van der Waals surface area contributed by atoms with Crippen molar-refractivity contribution in [2.24, 2.45) is 0 Å². The van der Waals surface area contributed by atoms with Gasteiger partial charge >= 0.3 is 6.09 Å². The van der Waals surface area contributed by atoms with Crippen LogP contribution in [0.4, 0.5) is 10.5 Å². The summed E-state index contributed by atoms with van der Waals surface area (Å²) < 4.78 is 35.9. The number of benzene rings is 3. The molecule has 0 aliphatic carbocycles. The molecule has 0 unspecified atom stereocenters. The zero-order valence-corrected chi connectivity index (χ0v) is 25.0. The van der Waals surface area contributed by atoms with Crippen LogP contribution < -0.4 is 19.5 Å². The number of hydrogen-bond acceptors (Lipinski definition) is 5. The number of hydrogen-bond donors (Lipinski definition) is 2. The molecule has 4 aromatic rings. The zero-order valence-electron chi connectivity index (χ0n) is 22.6. The summed E-state index contributed by atoms with van der Waals surface area (Å²) in [5.74, 6) is -0.227. The molecule has 1 heterocycles. The van der Waals surface area contributed by atoms with Gasteiger partial charge in [-0.1, -0.05) is 55.5 Å². The number of fused-ring (bicyclic) bond motifs is 1. The molecule has 2 N–H and O–H groups in total. The number of para-hydroxylation sites is 1. The summed E-state index contributed by atoms with van der Waals surface area (Å²) >= 11 is 3.48. The van der Waals surface area contributed by atoms with Crippen LogP contribution in [0.1, 0.15) is 23.7 Å². The largest absolute Gasteiger partial charge is 0.448 e. The molecule has 0 radical (unpaired) electrons.